The molecule has 0 spiro atoms. The first-order valence-electron chi connectivity index (χ1n) is 18.9. The smallest absolute Gasteiger partial charge is 0.413 e. The van der Waals surface area contributed by atoms with Crippen LogP contribution in [0.1, 0.15) is 34.7 Å². The summed E-state index contributed by atoms with van der Waals surface area (Å²) in [7, 11) is 1.40. The molecule has 300 valence electrons. The van der Waals surface area contributed by atoms with Gasteiger partial charge in [0.15, 0.2) is 0 Å². The highest BCUT2D eigenvalue weighted by molar-refractivity contribution is 7.28. The molecule has 0 aliphatic heterocycles. The maximum absolute atomic E-state index is 13.4. The second-order valence-electron chi connectivity index (χ2n) is 14.4. The molecule has 0 amide bonds. The maximum atomic E-state index is 13.4. The van der Waals surface area contributed by atoms with E-state index in [4.69, 9.17) is 4.74 Å². The van der Waals surface area contributed by atoms with Gasteiger partial charge in [0.05, 0.1) is 12.7 Å². The summed E-state index contributed by atoms with van der Waals surface area (Å²) in [6.45, 7) is 7.29. The lowest BCUT2D eigenvalue weighted by atomic mass is 9.90. The lowest BCUT2D eigenvalue weighted by Crippen LogP contribution is -2.15. The van der Waals surface area contributed by atoms with Crippen molar-refractivity contribution in [2.75, 3.05) is 7.11 Å². The zero-order chi connectivity index (χ0) is 41.9. The fourth-order valence-electron chi connectivity index (χ4n) is 7.32. The van der Waals surface area contributed by atoms with Crippen molar-refractivity contribution in [1.29, 1.82) is 0 Å². The molecule has 9 aromatic rings. The number of carbonyl (C=O) groups is 1. The molecule has 0 aliphatic rings. The zero-order valence-corrected chi connectivity index (χ0v) is 37.8. The van der Waals surface area contributed by atoms with Gasteiger partial charge in [-0.25, -0.2) is 4.79 Å². The minimum Gasteiger partial charge on any atom is -0.466 e. The van der Waals surface area contributed by atoms with E-state index < -0.39 is 11.7 Å². The molecule has 0 saturated carbocycles. The van der Waals surface area contributed by atoms with Gasteiger partial charge in [0.1, 0.15) is 0 Å². The molecule has 60 heavy (non-hydrogen) atoms. The predicted octanol–water partition coefficient (Wildman–Crippen LogP) is 13.4. The van der Waals surface area contributed by atoms with Crippen LogP contribution in [-0.4, -0.2) is 19.3 Å². The number of aryl methyl sites for hydroxylation is 2. The van der Waals surface area contributed by atoms with E-state index in [0.29, 0.717) is 5.57 Å². The third kappa shape index (κ3) is 7.67. The summed E-state index contributed by atoms with van der Waals surface area (Å²) in [5.41, 5.74) is 7.30. The number of hydrogen-bond donors (Lipinski definition) is 0. The standard InChI is InChI=1S/C49H35F3O2S6/c1-26-10-6-8-12-34(26)44-36-24-42(40-20-16-32(57-40)22-30-14-18-38(55-30)28(3)48(53)54-5)59-46(36)45(35-13-9-7-11-27(35)2)37-25-43(60-47(37)44)41-21-17-33(58-41)23-31-15-19-39(56-31)29(4)49(50,51)52/h6-25H,1-5H3/b30-22-,31-23-,38-28-,39-29+. The molecule has 6 aromatic heterocycles. The summed E-state index contributed by atoms with van der Waals surface area (Å²) >= 11 is 9.79. The highest BCUT2D eigenvalue weighted by Crippen LogP contribution is 2.54. The molecule has 0 fully saturated rings. The SMILES string of the molecule is COC(=O)/C(C)=c1/cc/c(=C/c2ccc(-c3cc4c(-c5ccccc5C)c5sc(-c6ccc(/C=c7/cc/c(=C(/C)C(F)(F)F)s7)s6)cc5c(-c5ccccc5C)c4s3)s2)s1. The summed E-state index contributed by atoms with van der Waals surface area (Å²) in [6, 6.07) is 37.9. The van der Waals surface area contributed by atoms with E-state index in [2.05, 4.69) is 105 Å². The number of ether oxygens (including phenoxy) is 1. The van der Waals surface area contributed by atoms with Crippen LogP contribution in [0.25, 0.3) is 85.2 Å². The van der Waals surface area contributed by atoms with Gasteiger partial charge in [0.25, 0.3) is 0 Å². The second-order valence-corrected chi connectivity index (χ2v) is 21.0. The molecular weight excluding hydrogens is 870 g/mol. The van der Waals surface area contributed by atoms with Crippen molar-refractivity contribution in [3.05, 3.63) is 148 Å². The summed E-state index contributed by atoms with van der Waals surface area (Å²) in [6.07, 6.45) is -0.197. The van der Waals surface area contributed by atoms with Crippen molar-refractivity contribution in [2.24, 2.45) is 0 Å². The predicted molar refractivity (Wildman–Crippen MR) is 255 cm³/mol. The highest BCUT2D eigenvalue weighted by atomic mass is 32.1. The molecular formula is C49H35F3O2S6. The van der Waals surface area contributed by atoms with Crippen LogP contribution in [0.4, 0.5) is 13.2 Å². The topological polar surface area (TPSA) is 26.3 Å². The third-order valence-corrected chi connectivity index (χ3v) is 17.6. The Morgan fingerprint density at radius 3 is 1.50 bits per heavy atom. The Kier molecular flexibility index (Phi) is 10.9. The van der Waals surface area contributed by atoms with Crippen LogP contribution >= 0.6 is 68.0 Å². The lowest BCUT2D eigenvalue weighted by Gasteiger charge is -2.15. The number of carbonyl (C=O) groups excluding carboxylic acids is 1. The summed E-state index contributed by atoms with van der Waals surface area (Å²) in [4.78, 5) is 18.9. The molecule has 0 radical (unpaired) electrons. The molecule has 0 atom stereocenters. The molecule has 0 N–H and O–H groups in total. The van der Waals surface area contributed by atoms with Crippen LogP contribution in [0.15, 0.2) is 109 Å². The average Bonchev–Trinajstić information content (AvgIpc) is 4.09. The first-order chi connectivity index (χ1) is 28.9. The molecule has 6 heterocycles. The van der Waals surface area contributed by atoms with E-state index in [9.17, 15) is 18.0 Å². The van der Waals surface area contributed by atoms with Crippen LogP contribution in [0.3, 0.4) is 0 Å². The molecule has 3 aromatic carbocycles. The zero-order valence-electron chi connectivity index (χ0n) is 32.9. The Morgan fingerprint density at radius 2 is 1.03 bits per heavy atom. The fourth-order valence-corrected chi connectivity index (χ4v) is 14.0. The van der Waals surface area contributed by atoms with Gasteiger partial charge in [-0.05, 0) is 123 Å². The van der Waals surface area contributed by atoms with Crippen molar-refractivity contribution in [3.63, 3.8) is 0 Å². The van der Waals surface area contributed by atoms with Crippen molar-refractivity contribution in [2.45, 2.75) is 33.9 Å². The Balaban J connectivity index is 1.22. The van der Waals surface area contributed by atoms with Gasteiger partial charge in [-0.3, -0.25) is 0 Å². The van der Waals surface area contributed by atoms with E-state index >= 15 is 0 Å². The van der Waals surface area contributed by atoms with Crippen molar-refractivity contribution in [1.82, 2.24) is 0 Å². The monoisotopic (exact) mass is 904 g/mol. The van der Waals surface area contributed by atoms with Crippen LogP contribution in [0.5, 0.6) is 0 Å². The van der Waals surface area contributed by atoms with Gasteiger partial charge >= 0.3 is 12.1 Å². The molecule has 9 rings (SSSR count). The normalized spacial score (nSPS) is 13.8. The van der Waals surface area contributed by atoms with Crippen molar-refractivity contribution < 1.29 is 22.7 Å². The number of thiophene rings is 6. The lowest BCUT2D eigenvalue weighted by molar-refractivity contribution is -0.133. The molecule has 11 heteroatoms. The number of fused-ring (bicyclic) bond motifs is 2. The maximum Gasteiger partial charge on any atom is 0.413 e. The summed E-state index contributed by atoms with van der Waals surface area (Å²) in [5.74, 6) is -0.317. The summed E-state index contributed by atoms with van der Waals surface area (Å²) in [5, 5.41) is 2.43. The molecule has 0 bridgehead atoms. The van der Waals surface area contributed by atoms with Crippen LogP contribution in [0.2, 0.25) is 0 Å². The average molecular weight is 905 g/mol. The summed E-state index contributed by atoms with van der Waals surface area (Å²) < 4.78 is 50.6. The molecule has 0 aliphatic carbocycles. The minimum absolute atomic E-state index is 0.239. The highest BCUT2D eigenvalue weighted by Gasteiger charge is 2.31. The number of halogens is 3. The third-order valence-electron chi connectivity index (χ3n) is 10.5. The van der Waals surface area contributed by atoms with Gasteiger partial charge in [-0.15, -0.1) is 68.0 Å². The Bertz CT molecular complexity index is 3280. The van der Waals surface area contributed by atoms with Crippen molar-refractivity contribution >= 4 is 117 Å². The first-order valence-corrected chi connectivity index (χ1v) is 23.8. The fraction of sp³-hybridized carbons (Fsp3) is 0.122. The van der Waals surface area contributed by atoms with Crippen molar-refractivity contribution in [3.8, 4) is 41.8 Å². The van der Waals surface area contributed by atoms with Crippen LogP contribution < -0.4 is 18.1 Å². The van der Waals surface area contributed by atoms with E-state index in [0.717, 1.165) is 51.4 Å². The van der Waals surface area contributed by atoms with E-state index in [-0.39, 0.29) is 10.5 Å². The van der Waals surface area contributed by atoms with E-state index in [1.807, 2.05) is 29.5 Å². The Labute approximate surface area is 368 Å². The first kappa shape index (κ1) is 40.5. The molecule has 0 unspecified atom stereocenters. The van der Waals surface area contributed by atoms with Gasteiger partial charge in [-0.2, -0.15) is 13.2 Å². The Morgan fingerprint density at radius 1 is 0.567 bits per heavy atom. The largest absolute Gasteiger partial charge is 0.466 e. The Hall–Kier alpha value is -4.88. The number of esters is 1. The van der Waals surface area contributed by atoms with Crippen LogP contribution in [-0.2, 0) is 9.53 Å². The number of hydrogen-bond acceptors (Lipinski definition) is 8. The van der Waals surface area contributed by atoms with Gasteiger partial charge < -0.3 is 4.74 Å². The van der Waals surface area contributed by atoms with Crippen LogP contribution in [0, 0.1) is 13.8 Å². The quantitative estimate of drug-likeness (QED) is 0.149. The van der Waals surface area contributed by atoms with Gasteiger partial charge in [-0.1, -0.05) is 48.5 Å². The number of rotatable bonds is 7. The number of methoxy groups -OCH3 is 1. The van der Waals surface area contributed by atoms with E-state index in [1.165, 1.54) is 70.4 Å². The van der Waals surface area contributed by atoms with Gasteiger partial charge in [0.2, 0.25) is 0 Å². The second kappa shape index (κ2) is 16.2. The molecule has 2 nitrogen and oxygen atoms in total. The minimum atomic E-state index is -4.35. The number of benzene rings is 3. The van der Waals surface area contributed by atoms with Gasteiger partial charge in [0, 0.05) is 84.3 Å². The number of alkyl halides is 3. The molecule has 0 saturated heterocycles. The van der Waals surface area contributed by atoms with E-state index in [1.54, 1.807) is 64.4 Å².